The topological polar surface area (TPSA) is 31.0 Å². The van der Waals surface area contributed by atoms with Crippen molar-refractivity contribution in [3.63, 3.8) is 0 Å². The molecular weight excluding hydrogens is 341 g/mol. The third-order valence-corrected chi connectivity index (χ3v) is 19.9. The van der Waals surface area contributed by atoms with E-state index in [1.54, 1.807) is 0 Å². The van der Waals surface area contributed by atoms with Crippen LogP contribution in [0.5, 0.6) is 0 Å². The average molecular weight is 374 g/mol. The summed E-state index contributed by atoms with van der Waals surface area (Å²) in [5, 5.41) is 0. The number of rotatable bonds is 8. The van der Waals surface area contributed by atoms with Crippen molar-refractivity contribution < 1.29 is 13.0 Å². The zero-order valence-corrected chi connectivity index (χ0v) is 19.2. The monoisotopic (exact) mass is 373 g/mol. The van der Waals surface area contributed by atoms with Crippen LogP contribution in [0, 0.1) is 5.92 Å². The van der Waals surface area contributed by atoms with Gasteiger partial charge >= 0.3 is 0 Å². The van der Waals surface area contributed by atoms with E-state index >= 15 is 0 Å². The first-order chi connectivity index (χ1) is 10.0. The predicted molar refractivity (Wildman–Crippen MR) is 101 cm³/mol. The van der Waals surface area contributed by atoms with E-state index < -0.39 is 25.0 Å². The van der Waals surface area contributed by atoms with Crippen molar-refractivity contribution in [2.24, 2.45) is 5.92 Å². The molecule has 0 aromatic rings. The summed E-state index contributed by atoms with van der Waals surface area (Å²) >= 11 is 0. The van der Waals surface area contributed by atoms with E-state index in [4.69, 9.17) is 13.0 Å². The lowest BCUT2D eigenvalue weighted by atomic mass is 9.88. The lowest BCUT2D eigenvalue weighted by Crippen LogP contribution is -2.50. The van der Waals surface area contributed by atoms with Crippen LogP contribution in [-0.2, 0) is 13.0 Å². The number of hydrogen-bond donors (Lipinski definition) is 0. The molecule has 3 unspecified atom stereocenters. The van der Waals surface area contributed by atoms with E-state index in [0.29, 0.717) is 12.2 Å². The summed E-state index contributed by atoms with van der Waals surface area (Å²) in [7, 11) is -1.56. The zero-order chi connectivity index (χ0) is 16.6. The molecule has 2 fully saturated rings. The Kier molecular flexibility index (Phi) is 6.01. The second kappa shape index (κ2) is 6.93. The molecule has 1 saturated heterocycles. The first-order valence-corrected chi connectivity index (χ1v) is 18.5. The summed E-state index contributed by atoms with van der Waals surface area (Å²) < 4.78 is 18.0. The molecule has 1 aliphatic carbocycles. The van der Waals surface area contributed by atoms with Gasteiger partial charge in [-0.15, -0.1) is 0 Å². The maximum atomic E-state index is 6.77. The molecular formula is C15H33O3Si4. The molecule has 22 heavy (non-hydrogen) atoms. The van der Waals surface area contributed by atoms with Gasteiger partial charge < -0.3 is 13.0 Å². The Bertz CT molecular complexity index is 387. The van der Waals surface area contributed by atoms with Crippen molar-refractivity contribution in [2.45, 2.75) is 88.9 Å². The Labute approximate surface area is 143 Å². The van der Waals surface area contributed by atoms with E-state index in [-0.39, 0.29) is 0 Å². The Balaban J connectivity index is 1.78. The van der Waals surface area contributed by atoms with Crippen molar-refractivity contribution in [2.75, 3.05) is 0 Å². The summed E-state index contributed by atoms with van der Waals surface area (Å²) in [6, 6.07) is 1.29. The zero-order valence-electron chi connectivity index (χ0n) is 15.2. The van der Waals surface area contributed by atoms with Crippen LogP contribution in [0.4, 0.5) is 0 Å². The van der Waals surface area contributed by atoms with Gasteiger partial charge in [0.15, 0.2) is 25.0 Å². The molecule has 1 aliphatic heterocycles. The van der Waals surface area contributed by atoms with E-state index in [0.717, 1.165) is 11.6 Å². The van der Waals surface area contributed by atoms with Gasteiger partial charge in [-0.25, -0.2) is 0 Å². The maximum absolute atomic E-state index is 6.77. The van der Waals surface area contributed by atoms with Crippen molar-refractivity contribution in [3.05, 3.63) is 0 Å². The molecule has 1 heterocycles. The van der Waals surface area contributed by atoms with Crippen LogP contribution >= 0.6 is 0 Å². The highest BCUT2D eigenvalue weighted by molar-refractivity contribution is 6.94. The molecule has 0 aromatic heterocycles. The van der Waals surface area contributed by atoms with Gasteiger partial charge in [0, 0.05) is 0 Å². The molecule has 2 aliphatic rings. The van der Waals surface area contributed by atoms with Crippen LogP contribution in [0.1, 0.15) is 25.7 Å². The first-order valence-electron chi connectivity index (χ1n) is 8.72. The number of fused-ring (bicyclic) bond motifs is 1. The summed E-state index contributed by atoms with van der Waals surface area (Å²) in [5.74, 6) is 0.875. The minimum atomic E-state index is -1.64. The third kappa shape index (κ3) is 5.99. The minimum absolute atomic E-state index is 0.609. The number of ether oxygens (including phenoxy) is 1. The first kappa shape index (κ1) is 19.1. The SMILES string of the molecule is C[Si](C)(C[Si](C)(C)O[Si](C)(C)CCC1CCC2OC2C1)O[Si]. The smallest absolute Gasteiger partial charge is 0.230 e. The summed E-state index contributed by atoms with van der Waals surface area (Å²) in [6.45, 7) is 14.1. The molecule has 7 heteroatoms. The largest absolute Gasteiger partial charge is 0.457 e. The van der Waals surface area contributed by atoms with E-state index in [1.807, 2.05) is 0 Å². The summed E-state index contributed by atoms with van der Waals surface area (Å²) in [5.41, 5.74) is 1.15. The molecule has 0 amide bonds. The Morgan fingerprint density at radius 2 is 1.64 bits per heavy atom. The van der Waals surface area contributed by atoms with Gasteiger partial charge in [0.05, 0.1) is 12.2 Å². The van der Waals surface area contributed by atoms with Crippen LogP contribution in [0.25, 0.3) is 0 Å². The maximum Gasteiger partial charge on any atom is 0.230 e. The molecule has 127 valence electrons. The van der Waals surface area contributed by atoms with E-state index in [2.05, 4.69) is 49.8 Å². The summed E-state index contributed by atoms with van der Waals surface area (Å²) in [6.07, 6.45) is 6.53. The minimum Gasteiger partial charge on any atom is -0.457 e. The van der Waals surface area contributed by atoms with Gasteiger partial charge in [-0.1, -0.05) is 6.42 Å². The molecule has 2 rings (SSSR count). The van der Waals surface area contributed by atoms with Gasteiger partial charge in [-0.2, -0.15) is 0 Å². The second-order valence-electron chi connectivity index (χ2n) is 9.09. The fraction of sp³-hybridized carbons (Fsp3) is 1.00. The Morgan fingerprint density at radius 1 is 0.955 bits per heavy atom. The van der Waals surface area contributed by atoms with Gasteiger partial charge in [-0.05, 0) is 76.2 Å². The summed E-state index contributed by atoms with van der Waals surface area (Å²) in [4.78, 5) is 0. The second-order valence-corrected chi connectivity index (χ2v) is 23.2. The third-order valence-electron chi connectivity index (χ3n) is 4.95. The number of epoxide rings is 1. The molecule has 3 nitrogen and oxygen atoms in total. The molecule has 0 aromatic carbocycles. The Morgan fingerprint density at radius 3 is 2.23 bits per heavy atom. The predicted octanol–water partition coefficient (Wildman–Crippen LogP) is 4.22. The van der Waals surface area contributed by atoms with Crippen LogP contribution in [0.3, 0.4) is 0 Å². The highest BCUT2D eigenvalue weighted by Crippen LogP contribution is 2.41. The van der Waals surface area contributed by atoms with E-state index in [1.165, 1.54) is 31.7 Å². The fourth-order valence-electron chi connectivity index (χ4n) is 4.20. The highest BCUT2D eigenvalue weighted by atomic mass is 28.5. The van der Waals surface area contributed by atoms with Crippen molar-refractivity contribution in [1.82, 2.24) is 0 Å². The van der Waals surface area contributed by atoms with E-state index in [9.17, 15) is 0 Å². The molecule has 0 spiro atoms. The van der Waals surface area contributed by atoms with Gasteiger partial charge in [0.25, 0.3) is 0 Å². The molecule has 0 bridgehead atoms. The Hall–Kier alpha value is 0.748. The molecule has 3 radical (unpaired) electrons. The average Bonchev–Trinajstić information content (AvgIpc) is 3.12. The lowest BCUT2D eigenvalue weighted by molar-refractivity contribution is 0.355. The highest BCUT2D eigenvalue weighted by Gasteiger charge is 2.44. The van der Waals surface area contributed by atoms with Crippen molar-refractivity contribution >= 4 is 35.4 Å². The molecule has 0 N–H and O–H groups in total. The lowest BCUT2D eigenvalue weighted by Gasteiger charge is -2.38. The molecule has 3 atom stereocenters. The van der Waals surface area contributed by atoms with Gasteiger partial charge in [0.2, 0.25) is 10.5 Å². The van der Waals surface area contributed by atoms with Crippen LogP contribution in [0.2, 0.25) is 51.0 Å². The molecule has 1 saturated carbocycles. The van der Waals surface area contributed by atoms with Crippen molar-refractivity contribution in [1.29, 1.82) is 0 Å². The van der Waals surface area contributed by atoms with Gasteiger partial charge in [-0.3, -0.25) is 0 Å². The normalized spacial score (nSPS) is 29.3. The van der Waals surface area contributed by atoms with Crippen molar-refractivity contribution in [3.8, 4) is 0 Å². The fourth-order valence-corrected chi connectivity index (χ4v) is 21.8. The standard InChI is InChI=1S/C15H33O3Si4/c1-20(2,18-22(5,6)12-21(3,4)17-19)10-9-13-7-8-14-15(11-13)16-14/h13-15H,7-12H2,1-6H3. The quantitative estimate of drug-likeness (QED) is 0.471. The van der Waals surface area contributed by atoms with Crippen LogP contribution in [-0.4, -0.2) is 47.6 Å². The van der Waals surface area contributed by atoms with Crippen LogP contribution < -0.4 is 0 Å². The van der Waals surface area contributed by atoms with Gasteiger partial charge in [0.1, 0.15) is 0 Å². The van der Waals surface area contributed by atoms with Crippen LogP contribution in [0.15, 0.2) is 0 Å². The number of hydrogen-bond acceptors (Lipinski definition) is 3.